The summed E-state index contributed by atoms with van der Waals surface area (Å²) in [5.41, 5.74) is -0.176. The van der Waals surface area contributed by atoms with Crippen molar-refractivity contribution in [1.82, 2.24) is 0 Å². The van der Waals surface area contributed by atoms with Gasteiger partial charge in [0.1, 0.15) is 5.56 Å². The van der Waals surface area contributed by atoms with Crippen molar-refractivity contribution in [3.05, 3.63) is 32.3 Å². The molecule has 16 heavy (non-hydrogen) atoms. The Morgan fingerprint density at radius 3 is 2.44 bits per heavy atom. The first-order chi connectivity index (χ1) is 7.34. The van der Waals surface area contributed by atoms with Crippen molar-refractivity contribution in [2.45, 2.75) is 0 Å². The normalized spacial score (nSPS) is 9.94. The molecule has 1 rings (SSSR count). The number of nitro benzene ring substituents is 1. The van der Waals surface area contributed by atoms with Gasteiger partial charge in [0, 0.05) is 24.6 Å². The topological polar surface area (TPSA) is 83.7 Å². The molecule has 0 atom stereocenters. The molecule has 0 amide bonds. The molecule has 7 heteroatoms. The number of benzene rings is 1. The van der Waals surface area contributed by atoms with Crippen LogP contribution >= 0.6 is 15.9 Å². The van der Waals surface area contributed by atoms with Gasteiger partial charge in [-0.05, 0) is 22.0 Å². The van der Waals surface area contributed by atoms with Crippen molar-refractivity contribution in [3.63, 3.8) is 0 Å². The van der Waals surface area contributed by atoms with Gasteiger partial charge in [-0.15, -0.1) is 0 Å². The van der Waals surface area contributed by atoms with E-state index in [0.717, 1.165) is 0 Å². The summed E-state index contributed by atoms with van der Waals surface area (Å²) >= 11 is 3.16. The highest BCUT2D eigenvalue weighted by atomic mass is 79.9. The number of carbonyl (C=O) groups is 1. The van der Waals surface area contributed by atoms with E-state index in [4.69, 9.17) is 5.11 Å². The second-order valence-corrected chi connectivity index (χ2v) is 4.13. The zero-order valence-corrected chi connectivity index (χ0v) is 10.2. The number of nitro groups is 1. The number of carboxylic acid groups (broad SMARTS) is 1. The Balaban J connectivity index is 3.49. The third kappa shape index (κ3) is 2.30. The zero-order chi connectivity index (χ0) is 12.5. The number of anilines is 1. The van der Waals surface area contributed by atoms with Crippen LogP contribution in [0.25, 0.3) is 0 Å². The molecule has 0 aliphatic carbocycles. The van der Waals surface area contributed by atoms with Crippen LogP contribution in [0.2, 0.25) is 0 Å². The Hall–Kier alpha value is -1.63. The number of hydrogen-bond donors (Lipinski definition) is 1. The van der Waals surface area contributed by atoms with Crippen molar-refractivity contribution in [1.29, 1.82) is 0 Å². The Bertz CT molecular complexity index is 459. The Morgan fingerprint density at radius 2 is 2.06 bits per heavy atom. The molecule has 0 radical (unpaired) electrons. The van der Waals surface area contributed by atoms with Crippen LogP contribution in [0.1, 0.15) is 10.4 Å². The quantitative estimate of drug-likeness (QED) is 0.680. The lowest BCUT2D eigenvalue weighted by Crippen LogP contribution is -2.12. The van der Waals surface area contributed by atoms with Crippen molar-refractivity contribution in [2.75, 3.05) is 19.0 Å². The highest BCUT2D eigenvalue weighted by Crippen LogP contribution is 2.32. The largest absolute Gasteiger partial charge is 0.477 e. The van der Waals surface area contributed by atoms with E-state index in [2.05, 4.69) is 15.9 Å². The minimum atomic E-state index is -1.32. The molecule has 0 saturated carbocycles. The summed E-state index contributed by atoms with van der Waals surface area (Å²) in [5, 5.41) is 19.5. The molecule has 1 N–H and O–H groups in total. The Kier molecular flexibility index (Phi) is 3.48. The second-order valence-electron chi connectivity index (χ2n) is 3.28. The SMILES string of the molecule is CN(C)c1cc(C(=O)O)c([N+](=O)[O-])cc1Br. The number of halogens is 1. The monoisotopic (exact) mass is 288 g/mol. The average Bonchev–Trinajstić information content (AvgIpc) is 2.15. The van der Waals surface area contributed by atoms with Gasteiger partial charge < -0.3 is 10.0 Å². The van der Waals surface area contributed by atoms with Gasteiger partial charge in [-0.25, -0.2) is 4.79 Å². The third-order valence-electron chi connectivity index (χ3n) is 1.97. The van der Waals surface area contributed by atoms with Crippen LogP contribution < -0.4 is 4.90 Å². The predicted octanol–water partition coefficient (Wildman–Crippen LogP) is 2.12. The molecule has 0 aromatic heterocycles. The lowest BCUT2D eigenvalue weighted by Gasteiger charge is -2.15. The first kappa shape index (κ1) is 12.4. The fourth-order valence-corrected chi connectivity index (χ4v) is 1.90. The summed E-state index contributed by atoms with van der Waals surface area (Å²) in [6, 6.07) is 2.46. The molecule has 0 bridgehead atoms. The van der Waals surface area contributed by atoms with Crippen molar-refractivity contribution in [3.8, 4) is 0 Å². The summed E-state index contributed by atoms with van der Waals surface area (Å²) in [4.78, 5) is 22.5. The summed E-state index contributed by atoms with van der Waals surface area (Å²) in [6.07, 6.45) is 0. The molecule has 0 saturated heterocycles. The zero-order valence-electron chi connectivity index (χ0n) is 8.60. The van der Waals surface area contributed by atoms with Crippen LogP contribution in [0.5, 0.6) is 0 Å². The molecule has 1 aromatic carbocycles. The van der Waals surface area contributed by atoms with Gasteiger partial charge in [-0.3, -0.25) is 10.1 Å². The maximum Gasteiger partial charge on any atom is 0.342 e. The number of carboxylic acids is 1. The van der Waals surface area contributed by atoms with E-state index in [1.165, 1.54) is 12.1 Å². The molecule has 6 nitrogen and oxygen atoms in total. The van der Waals surface area contributed by atoms with E-state index in [1.54, 1.807) is 19.0 Å². The highest BCUT2D eigenvalue weighted by molar-refractivity contribution is 9.10. The molecule has 0 aliphatic heterocycles. The molecule has 1 aromatic rings. The molecule has 0 fully saturated rings. The maximum atomic E-state index is 10.9. The van der Waals surface area contributed by atoms with E-state index in [0.29, 0.717) is 10.2 Å². The van der Waals surface area contributed by atoms with E-state index in [1.807, 2.05) is 0 Å². The summed E-state index contributed by atoms with van der Waals surface area (Å²) in [6.45, 7) is 0. The van der Waals surface area contributed by atoms with E-state index in [-0.39, 0.29) is 5.56 Å². The van der Waals surface area contributed by atoms with Crippen LogP contribution in [0, 0.1) is 10.1 Å². The smallest absolute Gasteiger partial charge is 0.342 e. The van der Waals surface area contributed by atoms with Crippen molar-refractivity contribution < 1.29 is 14.8 Å². The highest BCUT2D eigenvalue weighted by Gasteiger charge is 2.22. The van der Waals surface area contributed by atoms with Gasteiger partial charge in [0.15, 0.2) is 0 Å². The summed E-state index contributed by atoms with van der Waals surface area (Å²) in [5.74, 6) is -1.32. The van der Waals surface area contributed by atoms with Gasteiger partial charge in [-0.1, -0.05) is 0 Å². The predicted molar refractivity (Wildman–Crippen MR) is 62.1 cm³/mol. The number of rotatable bonds is 3. The first-order valence-electron chi connectivity index (χ1n) is 4.23. The average molecular weight is 289 g/mol. The van der Waals surface area contributed by atoms with Crippen LogP contribution in [0.4, 0.5) is 11.4 Å². The van der Waals surface area contributed by atoms with Crippen LogP contribution in [-0.2, 0) is 0 Å². The Labute approximate surface area is 99.8 Å². The van der Waals surface area contributed by atoms with Gasteiger partial charge in [0.25, 0.3) is 5.69 Å². The number of hydrogen-bond acceptors (Lipinski definition) is 4. The summed E-state index contributed by atoms with van der Waals surface area (Å²) in [7, 11) is 3.44. The van der Waals surface area contributed by atoms with Crippen molar-refractivity contribution >= 4 is 33.3 Å². The fraction of sp³-hybridized carbons (Fsp3) is 0.222. The molecular formula is C9H9BrN2O4. The lowest BCUT2D eigenvalue weighted by molar-refractivity contribution is -0.385. The van der Waals surface area contributed by atoms with E-state index < -0.39 is 16.6 Å². The standard InChI is InChI=1S/C9H9BrN2O4/c1-11(2)8-3-5(9(13)14)7(12(15)16)4-6(8)10/h3-4H,1-2H3,(H,13,14). The molecule has 0 aliphatic rings. The van der Waals surface area contributed by atoms with Crippen LogP contribution in [0.15, 0.2) is 16.6 Å². The number of aromatic carboxylic acids is 1. The maximum absolute atomic E-state index is 10.9. The molecule has 0 unspecified atom stereocenters. The van der Waals surface area contributed by atoms with E-state index >= 15 is 0 Å². The van der Waals surface area contributed by atoms with Crippen LogP contribution in [-0.4, -0.2) is 30.1 Å². The van der Waals surface area contributed by atoms with E-state index in [9.17, 15) is 14.9 Å². The first-order valence-corrected chi connectivity index (χ1v) is 5.02. The van der Waals surface area contributed by atoms with Gasteiger partial charge in [-0.2, -0.15) is 0 Å². The number of nitrogens with zero attached hydrogens (tertiary/aromatic N) is 2. The van der Waals surface area contributed by atoms with Crippen LogP contribution in [0.3, 0.4) is 0 Å². The molecule has 0 heterocycles. The van der Waals surface area contributed by atoms with Gasteiger partial charge >= 0.3 is 5.97 Å². The second kappa shape index (κ2) is 4.48. The lowest BCUT2D eigenvalue weighted by atomic mass is 10.1. The Morgan fingerprint density at radius 1 is 1.50 bits per heavy atom. The molecule has 86 valence electrons. The third-order valence-corrected chi connectivity index (χ3v) is 2.61. The fourth-order valence-electron chi connectivity index (χ4n) is 1.22. The minimum Gasteiger partial charge on any atom is -0.477 e. The summed E-state index contributed by atoms with van der Waals surface area (Å²) < 4.78 is 0.481. The van der Waals surface area contributed by atoms with Gasteiger partial charge in [0.05, 0.1) is 10.6 Å². The van der Waals surface area contributed by atoms with Gasteiger partial charge in [0.2, 0.25) is 0 Å². The molecule has 0 spiro atoms. The molecular weight excluding hydrogens is 280 g/mol. The minimum absolute atomic E-state index is 0.322. The van der Waals surface area contributed by atoms with Crippen molar-refractivity contribution in [2.24, 2.45) is 0 Å².